The fourth-order valence-electron chi connectivity index (χ4n) is 1.53. The summed E-state index contributed by atoms with van der Waals surface area (Å²) in [5.41, 5.74) is 0.393. The van der Waals surface area contributed by atoms with Gasteiger partial charge in [-0.1, -0.05) is 25.1 Å². The molecule has 0 amide bonds. The molecule has 1 aromatic carbocycles. The van der Waals surface area contributed by atoms with E-state index in [2.05, 4.69) is 0 Å². The van der Waals surface area contributed by atoms with Crippen molar-refractivity contribution in [1.82, 2.24) is 0 Å². The standard InChI is InChI=1S/C13H18O3/c1-3-13(2,16)9-8-10-6-4-5-7-11(10)12(14)15/h4-7,16H,3,8-9H2,1-2H3,(H,14,15). The number of aryl methyl sites for hydroxylation is 1. The first kappa shape index (κ1) is 12.7. The van der Waals surface area contributed by atoms with Gasteiger partial charge in [-0.25, -0.2) is 4.79 Å². The molecule has 0 aliphatic heterocycles. The van der Waals surface area contributed by atoms with Gasteiger partial charge in [-0.2, -0.15) is 0 Å². The number of carbonyl (C=O) groups is 1. The Morgan fingerprint density at radius 2 is 2.00 bits per heavy atom. The van der Waals surface area contributed by atoms with Crippen LogP contribution in [0.2, 0.25) is 0 Å². The van der Waals surface area contributed by atoms with Crippen LogP contribution in [0.25, 0.3) is 0 Å². The van der Waals surface area contributed by atoms with Gasteiger partial charge >= 0.3 is 5.97 Å². The summed E-state index contributed by atoms with van der Waals surface area (Å²) in [4.78, 5) is 11.0. The summed E-state index contributed by atoms with van der Waals surface area (Å²) in [6.07, 6.45) is 1.83. The van der Waals surface area contributed by atoms with E-state index < -0.39 is 11.6 Å². The monoisotopic (exact) mass is 222 g/mol. The molecule has 0 aliphatic carbocycles. The van der Waals surface area contributed by atoms with Gasteiger partial charge in [0.25, 0.3) is 0 Å². The zero-order valence-electron chi connectivity index (χ0n) is 9.73. The second-order valence-electron chi connectivity index (χ2n) is 4.31. The molecular formula is C13H18O3. The molecule has 0 aromatic heterocycles. The average Bonchev–Trinajstić information content (AvgIpc) is 2.27. The SMILES string of the molecule is CCC(C)(O)CCc1ccccc1C(=O)O. The summed E-state index contributed by atoms with van der Waals surface area (Å²) in [6.45, 7) is 3.69. The van der Waals surface area contributed by atoms with Gasteiger partial charge in [-0.15, -0.1) is 0 Å². The van der Waals surface area contributed by atoms with E-state index in [9.17, 15) is 9.90 Å². The van der Waals surface area contributed by atoms with Gasteiger partial charge in [0.1, 0.15) is 0 Å². The van der Waals surface area contributed by atoms with E-state index in [-0.39, 0.29) is 0 Å². The van der Waals surface area contributed by atoms with E-state index in [1.807, 2.05) is 13.0 Å². The van der Waals surface area contributed by atoms with Crippen LogP contribution in [-0.2, 0) is 6.42 Å². The van der Waals surface area contributed by atoms with Gasteiger partial charge in [0.15, 0.2) is 0 Å². The van der Waals surface area contributed by atoms with E-state index in [1.54, 1.807) is 25.1 Å². The maximum Gasteiger partial charge on any atom is 0.335 e. The summed E-state index contributed by atoms with van der Waals surface area (Å²) < 4.78 is 0. The molecule has 0 radical (unpaired) electrons. The van der Waals surface area contributed by atoms with Gasteiger partial charge in [0.05, 0.1) is 11.2 Å². The molecule has 3 nitrogen and oxygen atoms in total. The molecule has 1 unspecified atom stereocenters. The first-order chi connectivity index (χ1) is 7.46. The summed E-state index contributed by atoms with van der Waals surface area (Å²) in [7, 11) is 0. The molecule has 0 saturated heterocycles. The first-order valence-electron chi connectivity index (χ1n) is 5.50. The Balaban J connectivity index is 2.78. The Morgan fingerprint density at radius 1 is 1.38 bits per heavy atom. The minimum absolute atomic E-state index is 0.328. The quantitative estimate of drug-likeness (QED) is 0.804. The Kier molecular flexibility index (Phi) is 4.07. The molecule has 0 bridgehead atoms. The van der Waals surface area contributed by atoms with Crippen LogP contribution < -0.4 is 0 Å². The van der Waals surface area contributed by atoms with Crippen molar-refractivity contribution >= 4 is 5.97 Å². The van der Waals surface area contributed by atoms with Gasteiger partial charge in [-0.3, -0.25) is 0 Å². The number of aromatic carboxylic acids is 1. The molecule has 3 heteroatoms. The van der Waals surface area contributed by atoms with Gasteiger partial charge in [0.2, 0.25) is 0 Å². The summed E-state index contributed by atoms with van der Waals surface area (Å²) in [5, 5.41) is 18.9. The van der Waals surface area contributed by atoms with Gasteiger partial charge < -0.3 is 10.2 Å². The number of benzene rings is 1. The molecule has 16 heavy (non-hydrogen) atoms. The smallest absolute Gasteiger partial charge is 0.335 e. The maximum atomic E-state index is 11.0. The Labute approximate surface area is 95.7 Å². The third kappa shape index (κ3) is 3.35. The van der Waals surface area contributed by atoms with Crippen molar-refractivity contribution < 1.29 is 15.0 Å². The first-order valence-corrected chi connectivity index (χ1v) is 5.50. The molecule has 0 heterocycles. The third-order valence-electron chi connectivity index (χ3n) is 2.94. The summed E-state index contributed by atoms with van der Waals surface area (Å²) in [6, 6.07) is 6.93. The third-order valence-corrected chi connectivity index (χ3v) is 2.94. The van der Waals surface area contributed by atoms with Crippen molar-refractivity contribution in [3.8, 4) is 0 Å². The fourth-order valence-corrected chi connectivity index (χ4v) is 1.53. The lowest BCUT2D eigenvalue weighted by molar-refractivity contribution is 0.0469. The van der Waals surface area contributed by atoms with Crippen LogP contribution in [-0.4, -0.2) is 21.8 Å². The Morgan fingerprint density at radius 3 is 2.56 bits per heavy atom. The predicted molar refractivity (Wildman–Crippen MR) is 62.6 cm³/mol. The van der Waals surface area contributed by atoms with Crippen LogP contribution in [0, 0.1) is 0 Å². The van der Waals surface area contributed by atoms with Crippen molar-refractivity contribution in [2.24, 2.45) is 0 Å². The maximum absolute atomic E-state index is 11.0. The van der Waals surface area contributed by atoms with Gasteiger partial charge in [0, 0.05) is 0 Å². The topological polar surface area (TPSA) is 57.5 Å². The minimum atomic E-state index is -0.910. The van der Waals surface area contributed by atoms with Crippen molar-refractivity contribution in [3.63, 3.8) is 0 Å². The zero-order chi connectivity index (χ0) is 12.2. The lowest BCUT2D eigenvalue weighted by Crippen LogP contribution is -2.23. The van der Waals surface area contributed by atoms with E-state index >= 15 is 0 Å². The normalized spacial score (nSPS) is 14.4. The number of hydrogen-bond donors (Lipinski definition) is 2. The molecule has 0 fully saturated rings. The molecular weight excluding hydrogens is 204 g/mol. The average molecular weight is 222 g/mol. The fraction of sp³-hybridized carbons (Fsp3) is 0.462. The molecule has 1 aromatic rings. The minimum Gasteiger partial charge on any atom is -0.478 e. The molecule has 88 valence electrons. The highest BCUT2D eigenvalue weighted by molar-refractivity contribution is 5.89. The van der Waals surface area contributed by atoms with E-state index in [0.717, 1.165) is 5.56 Å². The van der Waals surface area contributed by atoms with Crippen LogP contribution in [0.5, 0.6) is 0 Å². The van der Waals surface area contributed by atoms with Crippen LogP contribution in [0.4, 0.5) is 0 Å². The van der Waals surface area contributed by atoms with Crippen LogP contribution >= 0.6 is 0 Å². The van der Waals surface area contributed by atoms with E-state index in [1.165, 1.54) is 0 Å². The lowest BCUT2D eigenvalue weighted by Gasteiger charge is -2.21. The van der Waals surface area contributed by atoms with Gasteiger partial charge in [-0.05, 0) is 37.8 Å². The predicted octanol–water partition coefficient (Wildman–Crippen LogP) is 2.48. The van der Waals surface area contributed by atoms with Crippen molar-refractivity contribution in [1.29, 1.82) is 0 Å². The Bertz CT molecular complexity index is 369. The largest absolute Gasteiger partial charge is 0.478 e. The highest BCUT2D eigenvalue weighted by atomic mass is 16.4. The van der Waals surface area contributed by atoms with Crippen molar-refractivity contribution in [2.45, 2.75) is 38.7 Å². The number of carboxylic acid groups (broad SMARTS) is 1. The number of carboxylic acids is 1. The molecule has 1 atom stereocenters. The van der Waals surface area contributed by atoms with Crippen molar-refractivity contribution in [3.05, 3.63) is 35.4 Å². The molecule has 2 N–H and O–H groups in total. The summed E-state index contributed by atoms with van der Waals surface area (Å²) >= 11 is 0. The number of aliphatic hydroxyl groups is 1. The van der Waals surface area contributed by atoms with Crippen LogP contribution in [0.15, 0.2) is 24.3 Å². The van der Waals surface area contributed by atoms with E-state index in [4.69, 9.17) is 5.11 Å². The molecule has 0 spiro atoms. The number of rotatable bonds is 5. The lowest BCUT2D eigenvalue weighted by atomic mass is 9.93. The second kappa shape index (κ2) is 5.12. The van der Waals surface area contributed by atoms with Crippen LogP contribution in [0.3, 0.4) is 0 Å². The van der Waals surface area contributed by atoms with E-state index in [0.29, 0.717) is 24.8 Å². The Hall–Kier alpha value is -1.35. The molecule has 1 rings (SSSR count). The van der Waals surface area contributed by atoms with Crippen LogP contribution in [0.1, 0.15) is 42.6 Å². The number of hydrogen-bond acceptors (Lipinski definition) is 2. The highest BCUT2D eigenvalue weighted by Gasteiger charge is 2.18. The zero-order valence-corrected chi connectivity index (χ0v) is 9.73. The van der Waals surface area contributed by atoms with Crippen molar-refractivity contribution in [2.75, 3.05) is 0 Å². The highest BCUT2D eigenvalue weighted by Crippen LogP contribution is 2.19. The molecule has 0 aliphatic rings. The second-order valence-corrected chi connectivity index (χ2v) is 4.31. The molecule has 0 saturated carbocycles. The summed E-state index contributed by atoms with van der Waals surface area (Å²) in [5.74, 6) is -0.910.